The summed E-state index contributed by atoms with van der Waals surface area (Å²) in [6.45, 7) is 8.59. The highest BCUT2D eigenvalue weighted by atomic mass is 16.3. The van der Waals surface area contributed by atoms with Crippen LogP contribution in [0.5, 0.6) is 0 Å². The molecule has 17 heavy (non-hydrogen) atoms. The molecule has 100 valence electrons. The molecule has 0 amide bonds. The van der Waals surface area contributed by atoms with E-state index in [1.807, 2.05) is 0 Å². The second kappa shape index (κ2) is 6.17. The van der Waals surface area contributed by atoms with E-state index >= 15 is 0 Å². The first-order valence-electron chi connectivity index (χ1n) is 7.32. The molecular formula is C14H28N2O. The highest BCUT2D eigenvalue weighted by molar-refractivity contribution is 4.87. The van der Waals surface area contributed by atoms with E-state index in [-0.39, 0.29) is 5.41 Å². The van der Waals surface area contributed by atoms with Crippen LogP contribution in [0.2, 0.25) is 0 Å². The predicted molar refractivity (Wildman–Crippen MR) is 71.1 cm³/mol. The lowest BCUT2D eigenvalue weighted by atomic mass is 9.78. The van der Waals surface area contributed by atoms with Crippen LogP contribution in [-0.4, -0.2) is 49.3 Å². The monoisotopic (exact) mass is 240 g/mol. The zero-order valence-electron chi connectivity index (χ0n) is 11.2. The number of hydrogen-bond acceptors (Lipinski definition) is 3. The summed E-state index contributed by atoms with van der Waals surface area (Å²) < 4.78 is 0. The summed E-state index contributed by atoms with van der Waals surface area (Å²) in [6.07, 6.45) is 6.25. The van der Waals surface area contributed by atoms with Gasteiger partial charge < -0.3 is 15.3 Å². The summed E-state index contributed by atoms with van der Waals surface area (Å²) in [5.74, 6) is 0.877. The quantitative estimate of drug-likeness (QED) is 0.781. The fourth-order valence-corrected chi connectivity index (χ4v) is 3.42. The Kier molecular flexibility index (Phi) is 4.83. The average molecular weight is 240 g/mol. The molecule has 0 aliphatic carbocycles. The topological polar surface area (TPSA) is 35.5 Å². The van der Waals surface area contributed by atoms with Crippen LogP contribution in [0.4, 0.5) is 0 Å². The highest BCUT2D eigenvalue weighted by Gasteiger charge is 2.33. The lowest BCUT2D eigenvalue weighted by Gasteiger charge is -2.43. The zero-order chi connectivity index (χ0) is 12.1. The van der Waals surface area contributed by atoms with Crippen molar-refractivity contribution in [2.75, 3.05) is 39.3 Å². The normalized spacial score (nSPS) is 32.8. The molecule has 0 bridgehead atoms. The molecule has 2 rings (SSSR count). The molecule has 3 heteroatoms. The summed E-state index contributed by atoms with van der Waals surface area (Å²) in [5, 5.41) is 13.1. The summed E-state index contributed by atoms with van der Waals surface area (Å²) in [4.78, 5) is 2.61. The Morgan fingerprint density at radius 2 is 2.12 bits per heavy atom. The van der Waals surface area contributed by atoms with Crippen molar-refractivity contribution in [3.8, 4) is 0 Å². The Morgan fingerprint density at radius 3 is 2.76 bits per heavy atom. The van der Waals surface area contributed by atoms with Crippen molar-refractivity contribution in [3.05, 3.63) is 0 Å². The maximum Gasteiger partial charge on any atom is 0.0499 e. The first kappa shape index (κ1) is 13.3. The third-order valence-electron chi connectivity index (χ3n) is 4.80. The lowest BCUT2D eigenvalue weighted by Crippen LogP contribution is -2.47. The van der Waals surface area contributed by atoms with E-state index in [9.17, 15) is 5.11 Å². The second-order valence-corrected chi connectivity index (χ2v) is 6.04. The molecule has 0 radical (unpaired) electrons. The molecule has 2 heterocycles. The van der Waals surface area contributed by atoms with Crippen molar-refractivity contribution in [3.63, 3.8) is 0 Å². The molecule has 0 saturated carbocycles. The largest absolute Gasteiger partial charge is 0.396 e. The fraction of sp³-hybridized carbons (Fsp3) is 1.00. The van der Waals surface area contributed by atoms with E-state index in [0.29, 0.717) is 6.61 Å². The molecule has 0 aromatic rings. The van der Waals surface area contributed by atoms with Gasteiger partial charge in [-0.1, -0.05) is 6.92 Å². The number of likely N-dealkylation sites (tertiary alicyclic amines) is 1. The maximum atomic E-state index is 9.63. The molecule has 0 aromatic carbocycles. The number of hydrogen-bond donors (Lipinski definition) is 2. The third-order valence-corrected chi connectivity index (χ3v) is 4.80. The molecule has 1 unspecified atom stereocenters. The van der Waals surface area contributed by atoms with Gasteiger partial charge in [0, 0.05) is 25.1 Å². The average Bonchev–Trinajstić information content (AvgIpc) is 2.40. The van der Waals surface area contributed by atoms with Crippen molar-refractivity contribution >= 4 is 0 Å². The van der Waals surface area contributed by atoms with E-state index in [1.54, 1.807) is 0 Å². The summed E-state index contributed by atoms with van der Waals surface area (Å²) >= 11 is 0. The standard InChI is InChI=1S/C14H28N2O/c1-2-14(12-17)6-3-9-16(11-14)10-13-4-7-15-8-5-13/h13,15,17H,2-12H2,1H3. The molecule has 2 N–H and O–H groups in total. The minimum Gasteiger partial charge on any atom is -0.396 e. The summed E-state index contributed by atoms with van der Waals surface area (Å²) in [7, 11) is 0. The Bertz CT molecular complexity index is 222. The van der Waals surface area contributed by atoms with Gasteiger partial charge in [-0.15, -0.1) is 0 Å². The minimum absolute atomic E-state index is 0.200. The summed E-state index contributed by atoms with van der Waals surface area (Å²) in [6, 6.07) is 0. The lowest BCUT2D eigenvalue weighted by molar-refractivity contribution is 0.0207. The zero-order valence-corrected chi connectivity index (χ0v) is 11.2. The van der Waals surface area contributed by atoms with Gasteiger partial charge >= 0.3 is 0 Å². The van der Waals surface area contributed by atoms with Crippen LogP contribution in [-0.2, 0) is 0 Å². The van der Waals surface area contributed by atoms with Gasteiger partial charge in [0.25, 0.3) is 0 Å². The van der Waals surface area contributed by atoms with Crippen molar-refractivity contribution in [1.82, 2.24) is 10.2 Å². The van der Waals surface area contributed by atoms with E-state index in [0.717, 1.165) is 18.9 Å². The van der Waals surface area contributed by atoms with Gasteiger partial charge in [-0.3, -0.25) is 0 Å². The van der Waals surface area contributed by atoms with Crippen LogP contribution in [0, 0.1) is 11.3 Å². The van der Waals surface area contributed by atoms with Crippen molar-refractivity contribution in [1.29, 1.82) is 0 Å². The van der Waals surface area contributed by atoms with Crippen LogP contribution in [0.3, 0.4) is 0 Å². The van der Waals surface area contributed by atoms with Gasteiger partial charge in [-0.25, -0.2) is 0 Å². The van der Waals surface area contributed by atoms with Gasteiger partial charge in [0.2, 0.25) is 0 Å². The summed E-state index contributed by atoms with van der Waals surface area (Å²) in [5.41, 5.74) is 0.200. The van der Waals surface area contributed by atoms with Crippen LogP contribution >= 0.6 is 0 Å². The molecule has 3 nitrogen and oxygen atoms in total. The smallest absolute Gasteiger partial charge is 0.0499 e. The second-order valence-electron chi connectivity index (χ2n) is 6.04. The molecular weight excluding hydrogens is 212 g/mol. The van der Waals surface area contributed by atoms with Crippen LogP contribution in [0.1, 0.15) is 39.0 Å². The van der Waals surface area contributed by atoms with E-state index in [2.05, 4.69) is 17.1 Å². The van der Waals surface area contributed by atoms with E-state index in [4.69, 9.17) is 0 Å². The third kappa shape index (κ3) is 3.43. The van der Waals surface area contributed by atoms with E-state index in [1.165, 1.54) is 51.9 Å². The fourth-order valence-electron chi connectivity index (χ4n) is 3.42. The molecule has 0 aromatic heterocycles. The van der Waals surface area contributed by atoms with Crippen molar-refractivity contribution in [2.24, 2.45) is 11.3 Å². The molecule has 2 aliphatic rings. The van der Waals surface area contributed by atoms with Gasteiger partial charge in [-0.05, 0) is 57.7 Å². The molecule has 0 spiro atoms. The van der Waals surface area contributed by atoms with Crippen molar-refractivity contribution in [2.45, 2.75) is 39.0 Å². The Labute approximate surface area is 106 Å². The van der Waals surface area contributed by atoms with Crippen molar-refractivity contribution < 1.29 is 5.11 Å². The number of nitrogens with one attached hydrogen (secondary N) is 1. The molecule has 2 aliphatic heterocycles. The van der Waals surface area contributed by atoms with Crippen LogP contribution < -0.4 is 5.32 Å². The SMILES string of the molecule is CCC1(CO)CCCN(CC2CCNCC2)C1. The maximum absolute atomic E-state index is 9.63. The number of aliphatic hydroxyl groups excluding tert-OH is 1. The molecule has 1 atom stereocenters. The van der Waals surface area contributed by atoms with Crippen LogP contribution in [0.25, 0.3) is 0 Å². The highest BCUT2D eigenvalue weighted by Crippen LogP contribution is 2.33. The van der Waals surface area contributed by atoms with Gasteiger partial charge in [0.1, 0.15) is 0 Å². The number of rotatable bonds is 4. The number of piperidine rings is 2. The Balaban J connectivity index is 1.84. The number of aliphatic hydroxyl groups is 1. The predicted octanol–water partition coefficient (Wildman–Crippen LogP) is 1.47. The first-order chi connectivity index (χ1) is 8.28. The van der Waals surface area contributed by atoms with Crippen LogP contribution in [0.15, 0.2) is 0 Å². The Hall–Kier alpha value is -0.120. The molecule has 2 fully saturated rings. The van der Waals surface area contributed by atoms with Gasteiger partial charge in [-0.2, -0.15) is 0 Å². The Morgan fingerprint density at radius 1 is 1.35 bits per heavy atom. The number of nitrogens with zero attached hydrogens (tertiary/aromatic N) is 1. The van der Waals surface area contributed by atoms with Gasteiger partial charge in [0.15, 0.2) is 0 Å². The first-order valence-corrected chi connectivity index (χ1v) is 7.32. The minimum atomic E-state index is 0.200. The molecule has 2 saturated heterocycles. The van der Waals surface area contributed by atoms with E-state index < -0.39 is 0 Å². The van der Waals surface area contributed by atoms with Gasteiger partial charge in [0.05, 0.1) is 0 Å².